The highest BCUT2D eigenvalue weighted by atomic mass is 35.5. The maximum atomic E-state index is 11.5. The van der Waals surface area contributed by atoms with E-state index in [2.05, 4.69) is 5.32 Å². The van der Waals surface area contributed by atoms with Crippen LogP contribution in [0.5, 0.6) is 0 Å². The lowest BCUT2D eigenvalue weighted by molar-refractivity contribution is -0.137. The molecule has 0 saturated carbocycles. The first-order valence-electron chi connectivity index (χ1n) is 6.15. The van der Waals surface area contributed by atoms with Gasteiger partial charge < -0.3 is 9.47 Å². The van der Waals surface area contributed by atoms with Crippen LogP contribution in [0.25, 0.3) is 0 Å². The summed E-state index contributed by atoms with van der Waals surface area (Å²) in [5, 5.41) is 3.22. The molecule has 0 saturated heterocycles. The number of carbonyl (C=O) groups excluding carboxylic acids is 2. The summed E-state index contributed by atoms with van der Waals surface area (Å²) in [5.74, 6) is -0.528. The van der Waals surface area contributed by atoms with Crippen molar-refractivity contribution in [2.75, 3.05) is 6.61 Å². The number of nitrogens with one attached hydrogen (secondary N) is 1. The maximum Gasteiger partial charge on any atom is 0.411 e. The number of allylic oxidation sites excluding steroid dienone is 1. The summed E-state index contributed by atoms with van der Waals surface area (Å²) in [7, 11) is 0. The maximum absolute atomic E-state index is 11.5. The number of ether oxygens (including phenoxy) is 2. The second-order valence-corrected chi connectivity index (χ2v) is 4.84. The molecule has 0 radical (unpaired) electrons. The van der Waals surface area contributed by atoms with Gasteiger partial charge in [0.05, 0.1) is 16.7 Å². The van der Waals surface area contributed by atoms with Crippen LogP contribution in [-0.4, -0.2) is 18.7 Å². The van der Waals surface area contributed by atoms with E-state index in [0.717, 1.165) is 0 Å². The van der Waals surface area contributed by atoms with Gasteiger partial charge in [-0.1, -0.05) is 29.3 Å². The van der Waals surface area contributed by atoms with E-state index < -0.39 is 12.1 Å². The Bertz CT molecular complexity index is 558. The lowest BCUT2D eigenvalue weighted by atomic mass is 10.2. The van der Waals surface area contributed by atoms with Crippen molar-refractivity contribution in [3.63, 3.8) is 0 Å². The molecule has 1 amide bonds. The molecule has 0 bridgehead atoms. The molecule has 0 spiro atoms. The van der Waals surface area contributed by atoms with Gasteiger partial charge in [0.1, 0.15) is 6.61 Å². The van der Waals surface area contributed by atoms with E-state index in [-0.39, 0.29) is 13.2 Å². The Morgan fingerprint density at radius 2 is 1.95 bits per heavy atom. The number of amides is 1. The van der Waals surface area contributed by atoms with Crippen molar-refractivity contribution in [1.29, 1.82) is 0 Å². The average molecular weight is 332 g/mol. The molecule has 7 heteroatoms. The molecule has 0 atom stereocenters. The highest BCUT2D eigenvalue weighted by Crippen LogP contribution is 2.22. The summed E-state index contributed by atoms with van der Waals surface area (Å²) >= 11 is 11.6. The predicted molar refractivity (Wildman–Crippen MR) is 80.2 cm³/mol. The Labute approximate surface area is 132 Å². The number of carbonyl (C=O) groups is 2. The highest BCUT2D eigenvalue weighted by Gasteiger charge is 2.06. The van der Waals surface area contributed by atoms with Crippen molar-refractivity contribution in [3.05, 3.63) is 45.6 Å². The zero-order valence-corrected chi connectivity index (χ0v) is 13.1. The Kier molecular flexibility index (Phi) is 7.05. The summed E-state index contributed by atoms with van der Waals surface area (Å²) in [4.78, 5) is 22.7. The van der Waals surface area contributed by atoms with E-state index in [0.29, 0.717) is 21.3 Å². The number of benzene rings is 1. The van der Waals surface area contributed by atoms with Gasteiger partial charge in [0.2, 0.25) is 0 Å². The van der Waals surface area contributed by atoms with Crippen LogP contribution in [0.3, 0.4) is 0 Å². The van der Waals surface area contributed by atoms with E-state index in [1.54, 1.807) is 32.0 Å². The minimum atomic E-state index is -0.681. The van der Waals surface area contributed by atoms with Crippen molar-refractivity contribution in [3.8, 4) is 0 Å². The molecule has 0 aliphatic rings. The van der Waals surface area contributed by atoms with Crippen LogP contribution in [0.4, 0.5) is 4.79 Å². The van der Waals surface area contributed by atoms with Crippen LogP contribution in [0.1, 0.15) is 19.4 Å². The molecule has 1 N–H and O–H groups in total. The number of esters is 1. The number of alkyl carbamates (subject to hydrolysis) is 1. The summed E-state index contributed by atoms with van der Waals surface area (Å²) < 4.78 is 9.70. The molecule has 114 valence electrons. The van der Waals surface area contributed by atoms with Crippen molar-refractivity contribution >= 4 is 35.3 Å². The number of halogens is 2. The third-order valence-corrected chi connectivity index (χ3v) is 3.01. The zero-order chi connectivity index (χ0) is 15.8. The van der Waals surface area contributed by atoms with Crippen LogP contribution < -0.4 is 5.32 Å². The summed E-state index contributed by atoms with van der Waals surface area (Å²) in [6.45, 7) is 3.55. The minimum absolute atomic E-state index is 0.0371. The first-order chi connectivity index (χ1) is 9.92. The van der Waals surface area contributed by atoms with Crippen molar-refractivity contribution < 1.29 is 19.1 Å². The van der Waals surface area contributed by atoms with Gasteiger partial charge in [0.15, 0.2) is 0 Å². The van der Waals surface area contributed by atoms with Crippen molar-refractivity contribution in [1.82, 2.24) is 5.32 Å². The predicted octanol–water partition coefficient (Wildman–Crippen LogP) is 3.69. The second-order valence-electron chi connectivity index (χ2n) is 4.03. The van der Waals surface area contributed by atoms with Gasteiger partial charge in [0, 0.05) is 11.8 Å². The number of hydrogen-bond acceptors (Lipinski definition) is 4. The first-order valence-corrected chi connectivity index (χ1v) is 6.90. The topological polar surface area (TPSA) is 64.6 Å². The molecule has 1 aromatic rings. The Morgan fingerprint density at radius 3 is 2.57 bits per heavy atom. The van der Waals surface area contributed by atoms with Crippen LogP contribution in [0.2, 0.25) is 10.0 Å². The van der Waals surface area contributed by atoms with Crippen LogP contribution in [0.15, 0.2) is 30.0 Å². The van der Waals surface area contributed by atoms with Crippen LogP contribution in [-0.2, 0) is 20.9 Å². The Hall–Kier alpha value is -1.72. The molecular weight excluding hydrogens is 317 g/mol. The molecule has 0 fully saturated rings. The molecule has 21 heavy (non-hydrogen) atoms. The summed E-state index contributed by atoms with van der Waals surface area (Å²) in [6, 6.07) is 4.92. The molecule has 1 rings (SSSR count). The van der Waals surface area contributed by atoms with Gasteiger partial charge in [-0.3, -0.25) is 5.32 Å². The zero-order valence-electron chi connectivity index (χ0n) is 11.6. The minimum Gasteiger partial charge on any atom is -0.463 e. The average Bonchev–Trinajstić information content (AvgIpc) is 2.40. The lowest BCUT2D eigenvalue weighted by Gasteiger charge is -2.08. The second kappa shape index (κ2) is 8.54. The van der Waals surface area contributed by atoms with Crippen molar-refractivity contribution in [2.24, 2.45) is 0 Å². The summed E-state index contributed by atoms with van der Waals surface area (Å²) in [5.41, 5.74) is 1.03. The highest BCUT2D eigenvalue weighted by molar-refractivity contribution is 6.42. The third-order valence-electron chi connectivity index (χ3n) is 2.27. The normalized spacial score (nSPS) is 11.0. The van der Waals surface area contributed by atoms with Gasteiger partial charge in [0.25, 0.3) is 0 Å². The monoisotopic (exact) mass is 331 g/mol. The van der Waals surface area contributed by atoms with Crippen LogP contribution >= 0.6 is 23.2 Å². The summed E-state index contributed by atoms with van der Waals surface area (Å²) in [6.07, 6.45) is 0.489. The first kappa shape index (κ1) is 17.3. The third kappa shape index (κ3) is 6.51. The number of rotatable bonds is 5. The van der Waals surface area contributed by atoms with Gasteiger partial charge in [-0.05, 0) is 31.5 Å². The van der Waals surface area contributed by atoms with Gasteiger partial charge >= 0.3 is 12.1 Å². The molecule has 0 aliphatic carbocycles. The fraction of sp³-hybridized carbons (Fsp3) is 0.286. The standard InChI is InChI=1S/C14H15Cl2NO4/c1-3-20-13(18)6-9(2)17-14(19)21-8-10-4-5-11(15)12(16)7-10/h4-7H,3,8H2,1-2H3,(H,17,19). The van der Waals surface area contributed by atoms with E-state index in [1.165, 1.54) is 6.08 Å². The Morgan fingerprint density at radius 1 is 1.24 bits per heavy atom. The lowest BCUT2D eigenvalue weighted by Crippen LogP contribution is -2.23. The van der Waals surface area contributed by atoms with Gasteiger partial charge in [-0.15, -0.1) is 0 Å². The molecule has 0 heterocycles. The van der Waals surface area contributed by atoms with Crippen molar-refractivity contribution in [2.45, 2.75) is 20.5 Å². The van der Waals surface area contributed by atoms with E-state index in [9.17, 15) is 9.59 Å². The number of hydrogen-bond donors (Lipinski definition) is 1. The van der Waals surface area contributed by atoms with E-state index >= 15 is 0 Å². The molecule has 0 aliphatic heterocycles. The molecule has 0 unspecified atom stereocenters. The largest absolute Gasteiger partial charge is 0.463 e. The molecule has 0 aromatic heterocycles. The van der Waals surface area contributed by atoms with E-state index in [1.807, 2.05) is 0 Å². The molecular formula is C14H15Cl2NO4. The quantitative estimate of drug-likeness (QED) is 0.660. The van der Waals surface area contributed by atoms with Gasteiger partial charge in [-0.2, -0.15) is 0 Å². The SMILES string of the molecule is CCOC(=O)C=C(C)NC(=O)OCc1ccc(Cl)c(Cl)c1. The van der Waals surface area contributed by atoms with Gasteiger partial charge in [-0.25, -0.2) is 9.59 Å². The van der Waals surface area contributed by atoms with Crippen LogP contribution in [0, 0.1) is 0 Å². The molecule has 5 nitrogen and oxygen atoms in total. The molecule has 1 aromatic carbocycles. The fourth-order valence-corrected chi connectivity index (χ4v) is 1.69. The fourth-order valence-electron chi connectivity index (χ4n) is 1.37. The van der Waals surface area contributed by atoms with E-state index in [4.69, 9.17) is 32.7 Å². The smallest absolute Gasteiger partial charge is 0.411 e. The Balaban J connectivity index is 2.47.